The van der Waals surface area contributed by atoms with E-state index in [0.29, 0.717) is 11.5 Å². The summed E-state index contributed by atoms with van der Waals surface area (Å²) in [6, 6.07) is 5.78. The quantitative estimate of drug-likeness (QED) is 0.631. The smallest absolute Gasteiger partial charge is 0.161 e. The summed E-state index contributed by atoms with van der Waals surface area (Å²) in [5.74, 6) is 7.08. The van der Waals surface area contributed by atoms with Gasteiger partial charge in [0.1, 0.15) is 0 Å². The van der Waals surface area contributed by atoms with Gasteiger partial charge in [-0.15, -0.1) is 11.3 Å². The number of nitrogens with one attached hydrogen (secondary N) is 1. The molecule has 1 aromatic carbocycles. The average Bonchev–Trinajstić information content (AvgIpc) is 2.89. The highest BCUT2D eigenvalue weighted by Gasteiger charge is 2.15. The highest BCUT2D eigenvalue weighted by molar-refractivity contribution is 7.09. The number of thiazole rings is 1. The molecule has 1 atom stereocenters. The zero-order chi connectivity index (χ0) is 14.5. The molecule has 2 rings (SSSR count). The van der Waals surface area contributed by atoms with Gasteiger partial charge in [-0.25, -0.2) is 4.98 Å². The maximum Gasteiger partial charge on any atom is 0.161 e. The van der Waals surface area contributed by atoms with Gasteiger partial charge in [0.15, 0.2) is 11.5 Å². The number of ether oxygens (including phenoxy) is 2. The first kappa shape index (κ1) is 14.8. The molecule has 1 unspecified atom stereocenters. The zero-order valence-electron chi connectivity index (χ0n) is 11.8. The van der Waals surface area contributed by atoms with Crippen LogP contribution in [-0.2, 0) is 6.42 Å². The van der Waals surface area contributed by atoms with E-state index in [2.05, 4.69) is 10.4 Å². The summed E-state index contributed by atoms with van der Waals surface area (Å²) in [6.45, 7) is 1.99. The van der Waals surface area contributed by atoms with Crippen LogP contribution < -0.4 is 20.7 Å². The van der Waals surface area contributed by atoms with Crippen LogP contribution in [0.3, 0.4) is 0 Å². The lowest BCUT2D eigenvalue weighted by Crippen LogP contribution is -2.29. The molecule has 6 heteroatoms. The van der Waals surface area contributed by atoms with E-state index in [0.717, 1.165) is 22.7 Å². The number of aryl methyl sites for hydroxylation is 1. The molecule has 2 aromatic rings. The molecule has 1 aromatic heterocycles. The van der Waals surface area contributed by atoms with Crippen LogP contribution in [0.25, 0.3) is 0 Å². The van der Waals surface area contributed by atoms with Crippen molar-refractivity contribution in [1.82, 2.24) is 10.4 Å². The fourth-order valence-corrected chi connectivity index (χ4v) is 2.83. The van der Waals surface area contributed by atoms with Gasteiger partial charge in [0.05, 0.1) is 25.3 Å². The molecule has 0 amide bonds. The van der Waals surface area contributed by atoms with E-state index < -0.39 is 0 Å². The molecule has 5 nitrogen and oxygen atoms in total. The number of hydrogen-bond donors (Lipinski definition) is 2. The Morgan fingerprint density at radius 2 is 2.05 bits per heavy atom. The molecule has 0 radical (unpaired) electrons. The van der Waals surface area contributed by atoms with Gasteiger partial charge in [0.2, 0.25) is 0 Å². The molecule has 108 valence electrons. The van der Waals surface area contributed by atoms with E-state index in [-0.39, 0.29) is 6.04 Å². The van der Waals surface area contributed by atoms with Gasteiger partial charge in [-0.2, -0.15) is 0 Å². The van der Waals surface area contributed by atoms with Crippen molar-refractivity contribution >= 4 is 11.3 Å². The Bertz CT molecular complexity index is 571. The monoisotopic (exact) mass is 293 g/mol. The normalized spacial score (nSPS) is 12.2. The summed E-state index contributed by atoms with van der Waals surface area (Å²) < 4.78 is 10.6. The van der Waals surface area contributed by atoms with Gasteiger partial charge in [-0.05, 0) is 24.6 Å². The van der Waals surface area contributed by atoms with Crippen LogP contribution >= 0.6 is 11.3 Å². The van der Waals surface area contributed by atoms with Crippen LogP contribution in [0.2, 0.25) is 0 Å². The standard InChI is InChI=1S/C14H19N3O2S/c1-9-8-20-14(16-9)7-11(17-15)10-4-5-12(18-2)13(6-10)19-3/h4-6,8,11,17H,7,15H2,1-3H3. The Kier molecular flexibility index (Phi) is 4.94. The number of rotatable bonds is 6. The lowest BCUT2D eigenvalue weighted by Gasteiger charge is -2.17. The zero-order valence-corrected chi connectivity index (χ0v) is 12.7. The molecule has 3 N–H and O–H groups in total. The Hall–Kier alpha value is -1.63. The maximum atomic E-state index is 5.68. The Morgan fingerprint density at radius 1 is 1.30 bits per heavy atom. The third kappa shape index (κ3) is 3.27. The largest absolute Gasteiger partial charge is 0.493 e. The highest BCUT2D eigenvalue weighted by Crippen LogP contribution is 2.31. The molecule has 0 fully saturated rings. The van der Waals surface area contributed by atoms with Gasteiger partial charge >= 0.3 is 0 Å². The second-order valence-corrected chi connectivity index (χ2v) is 5.36. The third-order valence-electron chi connectivity index (χ3n) is 3.06. The number of aromatic nitrogens is 1. The Morgan fingerprint density at radius 3 is 2.60 bits per heavy atom. The van der Waals surface area contributed by atoms with Crippen molar-refractivity contribution in [3.8, 4) is 11.5 Å². The first-order valence-electron chi connectivity index (χ1n) is 6.27. The van der Waals surface area contributed by atoms with Crippen LogP contribution in [0, 0.1) is 6.92 Å². The maximum absolute atomic E-state index is 5.68. The Labute approximate surface area is 122 Å². The predicted octanol–water partition coefficient (Wildman–Crippen LogP) is 2.22. The minimum Gasteiger partial charge on any atom is -0.493 e. The van der Waals surface area contributed by atoms with Crippen molar-refractivity contribution in [2.45, 2.75) is 19.4 Å². The van der Waals surface area contributed by atoms with E-state index >= 15 is 0 Å². The summed E-state index contributed by atoms with van der Waals surface area (Å²) >= 11 is 1.64. The van der Waals surface area contributed by atoms with Crippen molar-refractivity contribution < 1.29 is 9.47 Å². The summed E-state index contributed by atoms with van der Waals surface area (Å²) in [6.07, 6.45) is 0.741. The number of nitrogens with two attached hydrogens (primary N) is 1. The first-order chi connectivity index (χ1) is 9.67. The SMILES string of the molecule is COc1ccc(C(Cc2nc(C)cs2)NN)cc1OC. The minimum atomic E-state index is -0.0136. The summed E-state index contributed by atoms with van der Waals surface area (Å²) in [4.78, 5) is 4.47. The number of nitrogens with zero attached hydrogens (tertiary/aromatic N) is 1. The fraction of sp³-hybridized carbons (Fsp3) is 0.357. The fourth-order valence-electron chi connectivity index (χ4n) is 2.01. The van der Waals surface area contributed by atoms with Crippen LogP contribution in [-0.4, -0.2) is 19.2 Å². The molecule has 0 saturated carbocycles. The van der Waals surface area contributed by atoms with E-state index in [1.807, 2.05) is 30.5 Å². The molecule has 1 heterocycles. The molecule has 0 spiro atoms. The molecule has 20 heavy (non-hydrogen) atoms. The van der Waals surface area contributed by atoms with E-state index in [9.17, 15) is 0 Å². The van der Waals surface area contributed by atoms with Crippen molar-refractivity contribution in [3.05, 3.63) is 39.8 Å². The third-order valence-corrected chi connectivity index (χ3v) is 4.05. The average molecular weight is 293 g/mol. The molecule has 0 aliphatic heterocycles. The summed E-state index contributed by atoms with van der Waals surface area (Å²) in [7, 11) is 3.24. The van der Waals surface area contributed by atoms with Crippen molar-refractivity contribution in [2.75, 3.05) is 14.2 Å². The molecule has 0 aliphatic rings. The topological polar surface area (TPSA) is 69.4 Å². The number of benzene rings is 1. The van der Waals surface area contributed by atoms with Gasteiger partial charge in [-0.3, -0.25) is 11.3 Å². The van der Waals surface area contributed by atoms with Crippen molar-refractivity contribution in [3.63, 3.8) is 0 Å². The molecule has 0 aliphatic carbocycles. The Balaban J connectivity index is 2.22. The molecule has 0 bridgehead atoms. The second kappa shape index (κ2) is 6.69. The van der Waals surface area contributed by atoms with Gasteiger partial charge in [0.25, 0.3) is 0 Å². The lowest BCUT2D eigenvalue weighted by atomic mass is 10.0. The number of hydrogen-bond acceptors (Lipinski definition) is 6. The van der Waals surface area contributed by atoms with Gasteiger partial charge in [0, 0.05) is 17.5 Å². The number of methoxy groups -OCH3 is 2. The van der Waals surface area contributed by atoms with Gasteiger partial charge < -0.3 is 9.47 Å². The number of hydrazine groups is 1. The molecule has 0 saturated heterocycles. The van der Waals surface area contributed by atoms with E-state index in [4.69, 9.17) is 15.3 Å². The van der Waals surface area contributed by atoms with E-state index in [1.54, 1.807) is 25.6 Å². The van der Waals surface area contributed by atoms with Crippen LogP contribution in [0.4, 0.5) is 0 Å². The van der Waals surface area contributed by atoms with E-state index in [1.165, 1.54) is 0 Å². The minimum absolute atomic E-state index is 0.0136. The summed E-state index contributed by atoms with van der Waals surface area (Å²) in [5, 5.41) is 3.09. The van der Waals surface area contributed by atoms with Crippen molar-refractivity contribution in [1.29, 1.82) is 0 Å². The summed E-state index contributed by atoms with van der Waals surface area (Å²) in [5.41, 5.74) is 4.91. The molecular formula is C14H19N3O2S. The molecular weight excluding hydrogens is 274 g/mol. The predicted molar refractivity (Wildman–Crippen MR) is 80.2 cm³/mol. The van der Waals surface area contributed by atoms with Gasteiger partial charge in [-0.1, -0.05) is 6.07 Å². The van der Waals surface area contributed by atoms with Crippen LogP contribution in [0.1, 0.15) is 22.3 Å². The second-order valence-electron chi connectivity index (χ2n) is 4.42. The van der Waals surface area contributed by atoms with Crippen LogP contribution in [0.15, 0.2) is 23.6 Å². The highest BCUT2D eigenvalue weighted by atomic mass is 32.1. The van der Waals surface area contributed by atoms with Crippen LogP contribution in [0.5, 0.6) is 11.5 Å². The van der Waals surface area contributed by atoms with Crippen molar-refractivity contribution in [2.24, 2.45) is 5.84 Å². The lowest BCUT2D eigenvalue weighted by molar-refractivity contribution is 0.353. The first-order valence-corrected chi connectivity index (χ1v) is 7.15.